The van der Waals surface area contributed by atoms with Gasteiger partial charge in [-0.1, -0.05) is 13.3 Å². The average Bonchev–Trinajstić information content (AvgIpc) is 2.55. The van der Waals surface area contributed by atoms with E-state index in [1.54, 1.807) is 0 Å². The van der Waals surface area contributed by atoms with Crippen LogP contribution in [0.15, 0.2) is 24.3 Å². The second kappa shape index (κ2) is 8.49. The Hall–Kier alpha value is -1.35. The molecule has 1 heterocycles. The number of ether oxygens (including phenoxy) is 1. The molecule has 0 bridgehead atoms. The first-order valence-electron chi connectivity index (χ1n) is 9.15. The van der Waals surface area contributed by atoms with Gasteiger partial charge < -0.3 is 9.22 Å². The lowest BCUT2D eigenvalue weighted by atomic mass is 9.96. The lowest BCUT2D eigenvalue weighted by Crippen LogP contribution is -2.51. The van der Waals surface area contributed by atoms with Gasteiger partial charge in [0.05, 0.1) is 39.2 Å². The monoisotopic (exact) mass is 318 g/mol. The topological polar surface area (TPSA) is 26.3 Å². The minimum absolute atomic E-state index is 0.0740. The number of carbonyl (C=O) groups excluding carboxylic acids is 1. The number of likely N-dealkylation sites (tertiary alicyclic amines) is 1. The zero-order valence-corrected chi connectivity index (χ0v) is 15.0. The number of hydrogen-bond acceptors (Lipinski definition) is 2. The third-order valence-corrected chi connectivity index (χ3v) is 4.96. The predicted octanol–water partition coefficient (Wildman–Crippen LogP) is 4.31. The van der Waals surface area contributed by atoms with Crippen LogP contribution in [-0.4, -0.2) is 43.6 Å². The summed E-state index contributed by atoms with van der Waals surface area (Å²) in [4.78, 5) is 12.7. The van der Waals surface area contributed by atoms with Gasteiger partial charge in [-0.15, -0.1) is 0 Å². The van der Waals surface area contributed by atoms with E-state index in [-0.39, 0.29) is 11.7 Å². The summed E-state index contributed by atoms with van der Waals surface area (Å²) < 4.78 is 6.71. The number of rotatable bonds is 8. The van der Waals surface area contributed by atoms with E-state index in [0.29, 0.717) is 0 Å². The van der Waals surface area contributed by atoms with Crippen molar-refractivity contribution < 1.29 is 14.0 Å². The number of benzene rings is 1. The van der Waals surface area contributed by atoms with Crippen LogP contribution in [0.25, 0.3) is 0 Å². The molecule has 0 aliphatic carbocycles. The quantitative estimate of drug-likeness (QED) is 0.405. The molecule has 0 spiro atoms. The number of carbonyl (C=O) groups is 1. The standard InChI is InChI=1S/C20H32NO2/c1-4-5-15-23-19-11-9-18(10-12-19)20(22)17(2)16-21(3)13-7-6-8-14-21/h9-12,17H,4-8,13-16H2,1-3H3/q+1. The van der Waals surface area contributed by atoms with E-state index in [1.165, 1.54) is 32.4 Å². The molecule has 0 radical (unpaired) electrons. The summed E-state index contributed by atoms with van der Waals surface area (Å²) in [5, 5.41) is 0. The summed E-state index contributed by atoms with van der Waals surface area (Å²) in [7, 11) is 2.30. The van der Waals surface area contributed by atoms with E-state index in [2.05, 4.69) is 20.9 Å². The van der Waals surface area contributed by atoms with Gasteiger partial charge in [0.25, 0.3) is 0 Å². The molecular weight excluding hydrogens is 286 g/mol. The zero-order chi connectivity index (χ0) is 16.7. The summed E-state index contributed by atoms with van der Waals surface area (Å²) in [5.41, 5.74) is 0.809. The first-order valence-corrected chi connectivity index (χ1v) is 9.15. The highest BCUT2D eigenvalue weighted by Gasteiger charge is 2.30. The summed E-state index contributed by atoms with van der Waals surface area (Å²) in [6.45, 7) is 8.34. The maximum atomic E-state index is 12.7. The Kier molecular flexibility index (Phi) is 6.64. The Bertz CT molecular complexity index is 489. The molecule has 0 saturated carbocycles. The number of nitrogens with zero attached hydrogens (tertiary/aromatic N) is 1. The average molecular weight is 318 g/mol. The lowest BCUT2D eigenvalue weighted by Gasteiger charge is -2.39. The second-order valence-electron chi connectivity index (χ2n) is 7.30. The van der Waals surface area contributed by atoms with E-state index in [4.69, 9.17) is 4.74 Å². The molecule has 1 aromatic rings. The molecule has 1 fully saturated rings. The van der Waals surface area contributed by atoms with Gasteiger partial charge in [-0.2, -0.15) is 0 Å². The van der Waals surface area contributed by atoms with Crippen LogP contribution in [0, 0.1) is 5.92 Å². The molecule has 1 unspecified atom stereocenters. The molecule has 1 aromatic carbocycles. The molecule has 23 heavy (non-hydrogen) atoms. The molecule has 0 aromatic heterocycles. The molecule has 1 aliphatic rings. The van der Waals surface area contributed by atoms with Crippen molar-refractivity contribution in [2.24, 2.45) is 5.92 Å². The van der Waals surface area contributed by atoms with Crippen LogP contribution in [0.3, 0.4) is 0 Å². The Morgan fingerprint density at radius 1 is 1.17 bits per heavy atom. The van der Waals surface area contributed by atoms with Crippen molar-refractivity contribution in [3.8, 4) is 5.75 Å². The van der Waals surface area contributed by atoms with Crippen LogP contribution in [0.1, 0.15) is 56.3 Å². The van der Waals surface area contributed by atoms with E-state index < -0.39 is 0 Å². The van der Waals surface area contributed by atoms with Crippen LogP contribution in [0.5, 0.6) is 5.75 Å². The molecule has 3 heteroatoms. The van der Waals surface area contributed by atoms with Crippen molar-refractivity contribution in [2.75, 3.05) is 33.3 Å². The Morgan fingerprint density at radius 2 is 1.83 bits per heavy atom. The molecule has 1 aliphatic heterocycles. The summed E-state index contributed by atoms with van der Waals surface area (Å²) in [6.07, 6.45) is 6.12. The van der Waals surface area contributed by atoms with Gasteiger partial charge in [0, 0.05) is 5.56 Å². The van der Waals surface area contributed by atoms with Crippen LogP contribution in [-0.2, 0) is 0 Å². The van der Waals surface area contributed by atoms with Crippen molar-refractivity contribution in [2.45, 2.75) is 46.0 Å². The lowest BCUT2D eigenvalue weighted by molar-refractivity contribution is -0.915. The molecule has 0 N–H and O–H groups in total. The molecule has 2 rings (SSSR count). The van der Waals surface area contributed by atoms with E-state index in [9.17, 15) is 4.79 Å². The smallest absolute Gasteiger partial charge is 0.171 e. The van der Waals surface area contributed by atoms with Crippen molar-refractivity contribution in [3.63, 3.8) is 0 Å². The third kappa shape index (κ3) is 5.35. The first kappa shape index (κ1) is 18.0. The number of ketones is 1. The minimum atomic E-state index is 0.0740. The normalized spacial score (nSPS) is 18.4. The molecule has 0 amide bonds. The molecule has 128 valence electrons. The van der Waals surface area contributed by atoms with E-state index in [1.807, 2.05) is 24.3 Å². The van der Waals surface area contributed by atoms with Crippen molar-refractivity contribution >= 4 is 5.78 Å². The maximum absolute atomic E-state index is 12.7. The van der Waals surface area contributed by atoms with Gasteiger partial charge in [-0.25, -0.2) is 0 Å². The fourth-order valence-electron chi connectivity index (χ4n) is 3.54. The molecule has 1 saturated heterocycles. The van der Waals surface area contributed by atoms with Gasteiger partial charge in [0.1, 0.15) is 5.75 Å². The van der Waals surface area contributed by atoms with Gasteiger partial charge in [0.15, 0.2) is 5.78 Å². The van der Waals surface area contributed by atoms with Crippen molar-refractivity contribution in [1.29, 1.82) is 0 Å². The first-order chi connectivity index (χ1) is 11.0. The van der Waals surface area contributed by atoms with E-state index in [0.717, 1.165) is 41.8 Å². The third-order valence-electron chi connectivity index (χ3n) is 4.96. The number of hydrogen-bond donors (Lipinski definition) is 0. The Balaban J connectivity index is 1.91. The number of Topliss-reactive ketones (excluding diaryl/α,β-unsaturated/α-hetero) is 1. The van der Waals surface area contributed by atoms with Crippen molar-refractivity contribution in [3.05, 3.63) is 29.8 Å². The number of quaternary nitrogens is 1. The van der Waals surface area contributed by atoms with Crippen molar-refractivity contribution in [1.82, 2.24) is 0 Å². The second-order valence-corrected chi connectivity index (χ2v) is 7.30. The molecule has 3 nitrogen and oxygen atoms in total. The van der Waals surface area contributed by atoms with Gasteiger partial charge in [-0.05, 0) is 56.9 Å². The zero-order valence-electron chi connectivity index (χ0n) is 15.0. The van der Waals surface area contributed by atoms with Crippen LogP contribution < -0.4 is 4.74 Å². The van der Waals surface area contributed by atoms with Gasteiger partial charge >= 0.3 is 0 Å². The highest BCUT2D eigenvalue weighted by atomic mass is 16.5. The highest BCUT2D eigenvalue weighted by Crippen LogP contribution is 2.21. The minimum Gasteiger partial charge on any atom is -0.494 e. The predicted molar refractivity (Wildman–Crippen MR) is 95.0 cm³/mol. The summed E-state index contributed by atoms with van der Waals surface area (Å²) in [6, 6.07) is 7.67. The van der Waals surface area contributed by atoms with Gasteiger partial charge in [0.2, 0.25) is 0 Å². The van der Waals surface area contributed by atoms with Crippen LogP contribution in [0.2, 0.25) is 0 Å². The fourth-order valence-corrected chi connectivity index (χ4v) is 3.54. The van der Waals surface area contributed by atoms with Crippen LogP contribution >= 0.6 is 0 Å². The van der Waals surface area contributed by atoms with Crippen LogP contribution in [0.4, 0.5) is 0 Å². The van der Waals surface area contributed by atoms with Gasteiger partial charge in [-0.3, -0.25) is 4.79 Å². The molecule has 1 atom stereocenters. The Labute approximate surface area is 141 Å². The highest BCUT2D eigenvalue weighted by molar-refractivity contribution is 5.97. The number of unbranched alkanes of at least 4 members (excludes halogenated alkanes) is 1. The SMILES string of the molecule is CCCCOc1ccc(C(=O)C(C)C[N+]2(C)CCCCC2)cc1. The summed E-state index contributed by atoms with van der Waals surface area (Å²) in [5.74, 6) is 1.19. The van der Waals surface area contributed by atoms with E-state index >= 15 is 0 Å². The fraction of sp³-hybridized carbons (Fsp3) is 0.650. The summed E-state index contributed by atoms with van der Waals surface area (Å²) >= 11 is 0. The largest absolute Gasteiger partial charge is 0.494 e. The molecular formula is C20H32NO2+. The number of piperidine rings is 1. The maximum Gasteiger partial charge on any atom is 0.171 e. The Morgan fingerprint density at radius 3 is 2.43 bits per heavy atom.